The van der Waals surface area contributed by atoms with Gasteiger partial charge in [-0.3, -0.25) is 9.52 Å². The minimum Gasteiger partial charge on any atom is -0.377 e. The molecule has 0 bridgehead atoms. The van der Waals surface area contributed by atoms with E-state index in [1.807, 2.05) is 24.3 Å². The number of nitrogens with one attached hydrogen (secondary N) is 2. The number of hydrogen-bond acceptors (Lipinski definition) is 4. The smallest absolute Gasteiger partial charge is 0.251 e. The van der Waals surface area contributed by atoms with Crippen molar-refractivity contribution in [2.75, 3.05) is 17.6 Å². The van der Waals surface area contributed by atoms with E-state index in [1.165, 1.54) is 6.07 Å². The zero-order chi connectivity index (χ0) is 19.0. The van der Waals surface area contributed by atoms with Gasteiger partial charge in [-0.2, -0.15) is 0 Å². The van der Waals surface area contributed by atoms with Crippen LogP contribution in [0, 0.1) is 0 Å². The molecule has 0 radical (unpaired) electrons. The summed E-state index contributed by atoms with van der Waals surface area (Å²) in [4.78, 5) is 12.4. The fraction of sp³-hybridized carbons (Fsp3) is 0.316. The first-order chi connectivity index (χ1) is 12.4. The molecule has 0 aliphatic carbocycles. The molecule has 0 aliphatic heterocycles. The Morgan fingerprint density at radius 3 is 2.50 bits per heavy atom. The quantitative estimate of drug-likeness (QED) is 0.659. The SMILES string of the molecule is CCCOCc1ccccc1CNC(=O)c1cccc(NS(C)(=O)=O)c1. The van der Waals surface area contributed by atoms with Crippen molar-refractivity contribution in [3.63, 3.8) is 0 Å². The summed E-state index contributed by atoms with van der Waals surface area (Å²) in [6.45, 7) is 3.63. The lowest BCUT2D eigenvalue weighted by atomic mass is 10.1. The Kier molecular flexibility index (Phi) is 7.17. The van der Waals surface area contributed by atoms with Crippen LogP contribution in [0.25, 0.3) is 0 Å². The highest BCUT2D eigenvalue weighted by Gasteiger charge is 2.09. The highest BCUT2D eigenvalue weighted by Crippen LogP contribution is 2.13. The van der Waals surface area contributed by atoms with Crippen molar-refractivity contribution in [3.8, 4) is 0 Å². The van der Waals surface area contributed by atoms with Crippen LogP contribution in [-0.2, 0) is 27.9 Å². The number of hydrogen-bond donors (Lipinski definition) is 2. The first-order valence-electron chi connectivity index (χ1n) is 8.39. The predicted molar refractivity (Wildman–Crippen MR) is 102 cm³/mol. The first-order valence-corrected chi connectivity index (χ1v) is 10.3. The Labute approximate surface area is 154 Å². The molecule has 0 spiro atoms. The highest BCUT2D eigenvalue weighted by atomic mass is 32.2. The maximum Gasteiger partial charge on any atom is 0.251 e. The number of rotatable bonds is 9. The van der Waals surface area contributed by atoms with Crippen molar-refractivity contribution in [1.29, 1.82) is 0 Å². The van der Waals surface area contributed by atoms with Crippen LogP contribution >= 0.6 is 0 Å². The second-order valence-electron chi connectivity index (χ2n) is 5.96. The molecule has 26 heavy (non-hydrogen) atoms. The normalized spacial score (nSPS) is 11.2. The van der Waals surface area contributed by atoms with Gasteiger partial charge in [0.25, 0.3) is 5.91 Å². The molecule has 7 heteroatoms. The molecule has 0 unspecified atom stereocenters. The molecule has 0 aliphatic rings. The van der Waals surface area contributed by atoms with Crippen LogP contribution in [0.5, 0.6) is 0 Å². The number of sulfonamides is 1. The third kappa shape index (κ3) is 6.50. The van der Waals surface area contributed by atoms with Gasteiger partial charge in [0.05, 0.1) is 12.9 Å². The lowest BCUT2D eigenvalue weighted by molar-refractivity contribution is 0.0949. The molecule has 1 amide bonds. The molecule has 2 N–H and O–H groups in total. The van der Waals surface area contributed by atoms with Crippen LogP contribution < -0.4 is 10.0 Å². The molecule has 0 atom stereocenters. The number of ether oxygens (including phenoxy) is 1. The minimum atomic E-state index is -3.39. The van der Waals surface area contributed by atoms with Gasteiger partial charge in [0.1, 0.15) is 0 Å². The molecule has 0 aromatic heterocycles. The van der Waals surface area contributed by atoms with Crippen LogP contribution in [0.4, 0.5) is 5.69 Å². The average Bonchev–Trinajstić information content (AvgIpc) is 2.59. The molecule has 140 valence electrons. The van der Waals surface area contributed by atoms with Crippen LogP contribution in [0.15, 0.2) is 48.5 Å². The van der Waals surface area contributed by atoms with Crippen LogP contribution in [0.2, 0.25) is 0 Å². The molecule has 2 aromatic carbocycles. The number of carbonyl (C=O) groups excluding carboxylic acids is 1. The Morgan fingerprint density at radius 2 is 1.81 bits per heavy atom. The zero-order valence-corrected chi connectivity index (χ0v) is 15.8. The van der Waals surface area contributed by atoms with Crippen molar-refractivity contribution in [3.05, 3.63) is 65.2 Å². The van der Waals surface area contributed by atoms with Crippen molar-refractivity contribution in [1.82, 2.24) is 5.32 Å². The molecule has 0 saturated carbocycles. The van der Waals surface area contributed by atoms with E-state index in [4.69, 9.17) is 4.74 Å². The van der Waals surface area contributed by atoms with Gasteiger partial charge < -0.3 is 10.1 Å². The topological polar surface area (TPSA) is 84.5 Å². The van der Waals surface area contributed by atoms with E-state index in [9.17, 15) is 13.2 Å². The highest BCUT2D eigenvalue weighted by molar-refractivity contribution is 7.92. The van der Waals surface area contributed by atoms with Crippen molar-refractivity contribution in [2.24, 2.45) is 0 Å². The summed E-state index contributed by atoms with van der Waals surface area (Å²) in [6.07, 6.45) is 2.02. The third-order valence-electron chi connectivity index (χ3n) is 3.59. The molecule has 2 rings (SSSR count). The largest absolute Gasteiger partial charge is 0.377 e. The van der Waals surface area contributed by atoms with E-state index in [2.05, 4.69) is 17.0 Å². The molecule has 0 saturated heterocycles. The zero-order valence-electron chi connectivity index (χ0n) is 15.0. The van der Waals surface area contributed by atoms with Crippen molar-refractivity contribution < 1.29 is 17.9 Å². The maximum atomic E-state index is 12.4. The third-order valence-corrected chi connectivity index (χ3v) is 4.20. The maximum absolute atomic E-state index is 12.4. The number of amides is 1. The van der Waals surface area contributed by atoms with E-state index in [0.717, 1.165) is 23.8 Å². The summed E-state index contributed by atoms with van der Waals surface area (Å²) in [6, 6.07) is 14.2. The summed E-state index contributed by atoms with van der Waals surface area (Å²) in [5.74, 6) is -0.272. The van der Waals surface area contributed by atoms with E-state index < -0.39 is 10.0 Å². The number of anilines is 1. The van der Waals surface area contributed by atoms with Gasteiger partial charge >= 0.3 is 0 Å². The predicted octanol–water partition coefficient (Wildman–Crippen LogP) is 2.91. The van der Waals surface area contributed by atoms with E-state index in [1.54, 1.807) is 18.2 Å². The summed E-state index contributed by atoms with van der Waals surface area (Å²) >= 11 is 0. The van der Waals surface area contributed by atoms with Crippen LogP contribution in [0.3, 0.4) is 0 Å². The minimum absolute atomic E-state index is 0.272. The molecule has 0 fully saturated rings. The molecule has 6 nitrogen and oxygen atoms in total. The van der Waals surface area contributed by atoms with Crippen LogP contribution in [-0.4, -0.2) is 27.2 Å². The Balaban J connectivity index is 2.02. The van der Waals surface area contributed by atoms with Crippen molar-refractivity contribution in [2.45, 2.75) is 26.5 Å². The Hall–Kier alpha value is -2.38. The Bertz CT molecular complexity index is 850. The molecular formula is C19H24N2O4S. The molecule has 0 heterocycles. The van der Waals surface area contributed by atoms with Crippen LogP contribution in [0.1, 0.15) is 34.8 Å². The van der Waals surface area contributed by atoms with Gasteiger partial charge in [-0.15, -0.1) is 0 Å². The summed E-state index contributed by atoms with van der Waals surface area (Å²) < 4.78 is 30.6. The van der Waals surface area contributed by atoms with Gasteiger partial charge in [0.2, 0.25) is 10.0 Å². The Morgan fingerprint density at radius 1 is 1.08 bits per heavy atom. The lowest BCUT2D eigenvalue weighted by Gasteiger charge is -2.12. The van der Waals surface area contributed by atoms with Gasteiger partial charge in [0.15, 0.2) is 0 Å². The summed E-state index contributed by atoms with van der Waals surface area (Å²) in [5.41, 5.74) is 2.77. The van der Waals surface area contributed by atoms with E-state index in [0.29, 0.717) is 31.0 Å². The van der Waals surface area contributed by atoms with Gasteiger partial charge in [-0.1, -0.05) is 37.3 Å². The van der Waals surface area contributed by atoms with E-state index in [-0.39, 0.29) is 5.91 Å². The monoisotopic (exact) mass is 376 g/mol. The number of benzene rings is 2. The summed E-state index contributed by atoms with van der Waals surface area (Å²) in [7, 11) is -3.39. The second kappa shape index (κ2) is 9.35. The molecule has 2 aromatic rings. The summed E-state index contributed by atoms with van der Waals surface area (Å²) in [5, 5.41) is 2.86. The van der Waals surface area contributed by atoms with Gasteiger partial charge in [-0.25, -0.2) is 8.42 Å². The second-order valence-corrected chi connectivity index (χ2v) is 7.71. The fourth-order valence-electron chi connectivity index (χ4n) is 2.41. The number of carbonyl (C=O) groups is 1. The average molecular weight is 376 g/mol. The van der Waals surface area contributed by atoms with Crippen molar-refractivity contribution >= 4 is 21.6 Å². The van der Waals surface area contributed by atoms with Gasteiger partial charge in [-0.05, 0) is 35.7 Å². The standard InChI is InChI=1S/C19H24N2O4S/c1-3-11-25-14-17-8-5-4-7-16(17)13-20-19(22)15-9-6-10-18(12-15)21-26(2,23)24/h4-10,12,21H,3,11,13-14H2,1-2H3,(H,20,22). The lowest BCUT2D eigenvalue weighted by Crippen LogP contribution is -2.23. The first kappa shape index (κ1) is 19.9. The fourth-order valence-corrected chi connectivity index (χ4v) is 2.97. The van der Waals surface area contributed by atoms with Gasteiger partial charge in [0, 0.05) is 24.4 Å². The molecular weight excluding hydrogens is 352 g/mol. The van der Waals surface area contributed by atoms with E-state index >= 15 is 0 Å².